The van der Waals surface area contributed by atoms with Gasteiger partial charge >= 0.3 is 0 Å². The fourth-order valence-electron chi connectivity index (χ4n) is 6.20. The molecule has 0 unspecified atom stereocenters. The quantitative estimate of drug-likeness (QED) is 0.262. The third-order valence-electron chi connectivity index (χ3n) is 7.73. The molecule has 0 saturated heterocycles. The number of aryl methyl sites for hydroxylation is 1. The van der Waals surface area contributed by atoms with Crippen molar-refractivity contribution in [3.8, 4) is 0 Å². The minimum absolute atomic E-state index is 1.18. The van der Waals surface area contributed by atoms with Crippen molar-refractivity contribution in [2.75, 3.05) is 0 Å². The third kappa shape index (κ3) is 3.05. The van der Waals surface area contributed by atoms with E-state index in [0.29, 0.717) is 0 Å². The Morgan fingerprint density at radius 3 is 1.89 bits per heavy atom. The van der Waals surface area contributed by atoms with Gasteiger partial charge in [0.05, 0.1) is 0 Å². The van der Waals surface area contributed by atoms with E-state index in [1.54, 1.807) is 0 Å². The van der Waals surface area contributed by atoms with Gasteiger partial charge in [-0.2, -0.15) is 0 Å². The van der Waals surface area contributed by atoms with Crippen LogP contribution >= 0.6 is 0 Å². The molecule has 0 radical (unpaired) electrons. The molecule has 0 fully saturated rings. The Bertz CT molecular complexity index is 1570. The molecule has 0 bridgehead atoms. The summed E-state index contributed by atoms with van der Waals surface area (Å²) in [5, 5.41) is 8.52. The van der Waals surface area contributed by atoms with E-state index in [9.17, 15) is 0 Å². The van der Waals surface area contributed by atoms with Gasteiger partial charge in [0, 0.05) is 0 Å². The Kier molecular flexibility index (Phi) is 5.16. The van der Waals surface area contributed by atoms with Gasteiger partial charge in [0.1, 0.15) is 0 Å². The fourth-order valence-corrected chi connectivity index (χ4v) is 11.4. The number of hydrogen-bond acceptors (Lipinski definition) is 0. The number of hydrogen-bond donors (Lipinski definition) is 0. The molecule has 0 saturated carbocycles. The predicted molar refractivity (Wildman–Crippen MR) is 154 cm³/mol. The maximum absolute atomic E-state index is 4.16. The average molecular weight is 465 g/mol. The first-order valence-corrected chi connectivity index (χ1v) is 14.3. The van der Waals surface area contributed by atoms with E-state index in [-0.39, 0.29) is 0 Å². The SMILES string of the molecule is C=Cc1ccccc1C1=C(C)[Si](c2ccccc2)(c2ccccc2)c2ccc3c(C)cccc3c21. The minimum atomic E-state index is -2.48. The van der Waals surface area contributed by atoms with Crippen LogP contribution in [0.2, 0.25) is 0 Å². The molecule has 5 aromatic carbocycles. The lowest BCUT2D eigenvalue weighted by molar-refractivity contribution is 1.51. The minimum Gasteiger partial charge on any atom is -0.0984 e. The van der Waals surface area contributed by atoms with Gasteiger partial charge in [0.15, 0.2) is 8.07 Å². The van der Waals surface area contributed by atoms with Crippen molar-refractivity contribution in [2.45, 2.75) is 13.8 Å². The third-order valence-corrected chi connectivity index (χ3v) is 12.7. The van der Waals surface area contributed by atoms with Crippen molar-refractivity contribution >= 4 is 46.1 Å². The summed E-state index contributed by atoms with van der Waals surface area (Å²) in [6, 6.07) is 42.7. The van der Waals surface area contributed by atoms with Crippen LogP contribution in [0.3, 0.4) is 0 Å². The van der Waals surface area contributed by atoms with Gasteiger partial charge in [0.25, 0.3) is 0 Å². The van der Waals surface area contributed by atoms with Crippen LogP contribution in [-0.4, -0.2) is 8.07 Å². The number of allylic oxidation sites excluding steroid dienone is 1. The van der Waals surface area contributed by atoms with E-state index in [1.165, 1.54) is 59.4 Å². The molecule has 1 heteroatoms. The van der Waals surface area contributed by atoms with Crippen molar-refractivity contribution < 1.29 is 0 Å². The lowest BCUT2D eigenvalue weighted by Crippen LogP contribution is -2.67. The molecule has 35 heavy (non-hydrogen) atoms. The molecule has 6 rings (SSSR count). The van der Waals surface area contributed by atoms with Crippen molar-refractivity contribution in [1.82, 2.24) is 0 Å². The van der Waals surface area contributed by atoms with E-state index in [0.717, 1.165) is 0 Å². The molecule has 0 spiro atoms. The highest BCUT2D eigenvalue weighted by atomic mass is 28.3. The van der Waals surface area contributed by atoms with Gasteiger partial charge < -0.3 is 0 Å². The van der Waals surface area contributed by atoms with Gasteiger partial charge in [-0.3, -0.25) is 0 Å². The summed E-state index contributed by atoms with van der Waals surface area (Å²) in [6.45, 7) is 8.77. The van der Waals surface area contributed by atoms with Gasteiger partial charge in [-0.15, -0.1) is 0 Å². The molecule has 5 aromatic rings. The molecule has 0 atom stereocenters. The summed E-state index contributed by atoms with van der Waals surface area (Å²) in [5.41, 5.74) is 6.56. The van der Waals surface area contributed by atoms with Gasteiger partial charge in [-0.25, -0.2) is 0 Å². The molecule has 0 aromatic heterocycles. The molecular formula is C34H28Si. The molecule has 1 aliphatic rings. The van der Waals surface area contributed by atoms with Crippen LogP contribution in [0.1, 0.15) is 29.2 Å². The van der Waals surface area contributed by atoms with Crippen LogP contribution < -0.4 is 15.6 Å². The second-order valence-corrected chi connectivity index (χ2v) is 13.4. The van der Waals surface area contributed by atoms with Crippen LogP contribution in [0.4, 0.5) is 0 Å². The zero-order valence-electron chi connectivity index (χ0n) is 20.3. The molecule has 0 N–H and O–H groups in total. The molecule has 0 nitrogen and oxygen atoms in total. The predicted octanol–water partition coefficient (Wildman–Crippen LogP) is 6.64. The standard InChI is InChI=1S/C34H28Si/c1-4-26-15-11-12-20-30(26)33-25(3)35(27-16-7-5-8-17-27,28-18-9-6-10-19-28)32-23-22-29-24(2)14-13-21-31(29)34(32)33/h4-23H,1H2,2-3H3. The number of fused-ring (bicyclic) bond motifs is 3. The highest BCUT2D eigenvalue weighted by molar-refractivity contribution is 7.18. The summed E-state index contributed by atoms with van der Waals surface area (Å²) < 4.78 is 0. The second-order valence-electron chi connectivity index (χ2n) is 9.43. The van der Waals surface area contributed by atoms with E-state index >= 15 is 0 Å². The Balaban J connectivity index is 1.86. The molecule has 168 valence electrons. The topological polar surface area (TPSA) is 0 Å². The van der Waals surface area contributed by atoms with Crippen LogP contribution in [0.5, 0.6) is 0 Å². The van der Waals surface area contributed by atoms with Crippen LogP contribution in [-0.2, 0) is 0 Å². The van der Waals surface area contributed by atoms with E-state index in [1.807, 2.05) is 6.08 Å². The molecule has 1 aliphatic heterocycles. The first-order chi connectivity index (χ1) is 17.2. The molecule has 0 amide bonds. The summed E-state index contributed by atoms with van der Waals surface area (Å²) in [7, 11) is -2.48. The highest BCUT2D eigenvalue weighted by Crippen LogP contribution is 2.42. The fraction of sp³-hybridized carbons (Fsp3) is 0.0588. The Morgan fingerprint density at radius 2 is 1.23 bits per heavy atom. The van der Waals surface area contributed by atoms with Gasteiger partial charge in [-0.05, 0) is 68.0 Å². The van der Waals surface area contributed by atoms with Crippen molar-refractivity contribution in [3.63, 3.8) is 0 Å². The summed E-state index contributed by atoms with van der Waals surface area (Å²) in [6.07, 6.45) is 2.00. The summed E-state index contributed by atoms with van der Waals surface area (Å²) in [4.78, 5) is 0. The zero-order valence-corrected chi connectivity index (χ0v) is 21.3. The second kappa shape index (κ2) is 8.37. The smallest absolute Gasteiger partial charge is 0.0984 e. The summed E-state index contributed by atoms with van der Waals surface area (Å²) >= 11 is 0. The van der Waals surface area contributed by atoms with Gasteiger partial charge in [-0.1, -0.05) is 133 Å². The normalized spacial score (nSPS) is 14.2. The number of rotatable bonds is 4. The lowest BCUT2D eigenvalue weighted by atomic mass is 9.89. The van der Waals surface area contributed by atoms with E-state index in [4.69, 9.17) is 0 Å². The largest absolute Gasteiger partial charge is 0.176 e. The maximum Gasteiger partial charge on any atom is 0.176 e. The first-order valence-electron chi connectivity index (χ1n) is 12.3. The Hall–Kier alpha value is -3.94. The number of benzene rings is 5. The van der Waals surface area contributed by atoms with Crippen LogP contribution in [0.25, 0.3) is 22.4 Å². The lowest BCUT2D eigenvalue weighted by Gasteiger charge is -2.32. The summed E-state index contributed by atoms with van der Waals surface area (Å²) in [5.74, 6) is 0. The van der Waals surface area contributed by atoms with Crippen LogP contribution in [0, 0.1) is 6.92 Å². The Morgan fingerprint density at radius 1 is 0.600 bits per heavy atom. The monoisotopic (exact) mass is 464 g/mol. The van der Waals surface area contributed by atoms with Crippen molar-refractivity contribution in [2.24, 2.45) is 0 Å². The maximum atomic E-state index is 4.16. The Labute approximate surface area is 208 Å². The van der Waals surface area contributed by atoms with E-state index in [2.05, 4.69) is 136 Å². The van der Waals surface area contributed by atoms with Crippen molar-refractivity contribution in [3.05, 3.63) is 149 Å². The first kappa shape index (κ1) is 21.6. The van der Waals surface area contributed by atoms with Crippen molar-refractivity contribution in [1.29, 1.82) is 0 Å². The molecule has 1 heterocycles. The molecule has 0 aliphatic carbocycles. The zero-order chi connectivity index (χ0) is 24.0. The molecular weight excluding hydrogens is 436 g/mol. The average Bonchev–Trinajstić information content (AvgIpc) is 3.19. The highest BCUT2D eigenvalue weighted by Gasteiger charge is 2.49. The van der Waals surface area contributed by atoms with Gasteiger partial charge in [0.2, 0.25) is 0 Å². The van der Waals surface area contributed by atoms with Crippen LogP contribution in [0.15, 0.2) is 127 Å². The van der Waals surface area contributed by atoms with E-state index < -0.39 is 8.07 Å².